The van der Waals surface area contributed by atoms with Gasteiger partial charge in [-0.3, -0.25) is 4.79 Å². The van der Waals surface area contributed by atoms with Gasteiger partial charge in [-0.15, -0.1) is 0 Å². The Morgan fingerprint density at radius 1 is 1.12 bits per heavy atom. The van der Waals surface area contributed by atoms with Crippen molar-refractivity contribution < 1.29 is 9.59 Å². The molecule has 1 aliphatic heterocycles. The van der Waals surface area contributed by atoms with E-state index in [1.807, 2.05) is 0 Å². The number of hydrogen-bond donors (Lipinski definition) is 2. The summed E-state index contributed by atoms with van der Waals surface area (Å²) in [6.45, 7) is 1.62. The molecule has 1 aromatic carbocycles. The third-order valence-electron chi connectivity index (χ3n) is 2.81. The summed E-state index contributed by atoms with van der Waals surface area (Å²) >= 11 is 0. The Morgan fingerprint density at radius 3 is 2.24 bits per heavy atom. The molecule has 0 radical (unpaired) electrons. The van der Waals surface area contributed by atoms with Crippen LogP contribution in [0.2, 0.25) is 0 Å². The van der Waals surface area contributed by atoms with Gasteiger partial charge < -0.3 is 16.0 Å². The van der Waals surface area contributed by atoms with Crippen LogP contribution < -0.4 is 11.1 Å². The Morgan fingerprint density at radius 2 is 1.71 bits per heavy atom. The van der Waals surface area contributed by atoms with E-state index in [-0.39, 0.29) is 6.03 Å². The molecule has 0 aliphatic carbocycles. The topological polar surface area (TPSA) is 75.4 Å². The molecule has 5 heteroatoms. The van der Waals surface area contributed by atoms with Crippen molar-refractivity contribution in [3.63, 3.8) is 0 Å². The van der Waals surface area contributed by atoms with Gasteiger partial charge in [-0.25, -0.2) is 4.79 Å². The summed E-state index contributed by atoms with van der Waals surface area (Å²) in [6, 6.07) is 6.46. The second-order valence-electron chi connectivity index (χ2n) is 4.07. The van der Waals surface area contributed by atoms with E-state index in [4.69, 9.17) is 5.73 Å². The van der Waals surface area contributed by atoms with Gasteiger partial charge in [-0.05, 0) is 37.1 Å². The van der Waals surface area contributed by atoms with Gasteiger partial charge in [-0.1, -0.05) is 0 Å². The van der Waals surface area contributed by atoms with Crippen molar-refractivity contribution in [1.29, 1.82) is 0 Å². The quantitative estimate of drug-likeness (QED) is 0.810. The lowest BCUT2D eigenvalue weighted by molar-refractivity contribution is 0.100. The van der Waals surface area contributed by atoms with Gasteiger partial charge in [0.2, 0.25) is 5.91 Å². The lowest BCUT2D eigenvalue weighted by Crippen LogP contribution is -2.32. The largest absolute Gasteiger partial charge is 0.366 e. The van der Waals surface area contributed by atoms with Crippen molar-refractivity contribution >= 4 is 17.6 Å². The number of urea groups is 1. The van der Waals surface area contributed by atoms with Gasteiger partial charge in [0, 0.05) is 24.3 Å². The molecule has 3 N–H and O–H groups in total. The monoisotopic (exact) mass is 233 g/mol. The molecule has 3 amide bonds. The maximum atomic E-state index is 11.8. The van der Waals surface area contributed by atoms with Crippen LogP contribution in [0.3, 0.4) is 0 Å². The fourth-order valence-corrected chi connectivity index (χ4v) is 1.84. The van der Waals surface area contributed by atoms with Gasteiger partial charge >= 0.3 is 6.03 Å². The minimum atomic E-state index is -0.470. The molecule has 0 spiro atoms. The molecule has 5 nitrogen and oxygen atoms in total. The highest BCUT2D eigenvalue weighted by atomic mass is 16.2. The maximum absolute atomic E-state index is 11.8. The SMILES string of the molecule is NC(=O)c1ccc(NC(=O)N2CCCC2)cc1. The number of amides is 3. The predicted molar refractivity (Wildman–Crippen MR) is 64.8 cm³/mol. The summed E-state index contributed by atoms with van der Waals surface area (Å²) in [5.74, 6) is -0.470. The summed E-state index contributed by atoms with van der Waals surface area (Å²) in [5, 5.41) is 2.78. The Hall–Kier alpha value is -2.04. The van der Waals surface area contributed by atoms with Gasteiger partial charge in [-0.2, -0.15) is 0 Å². The van der Waals surface area contributed by atoms with Crippen molar-refractivity contribution in [1.82, 2.24) is 4.90 Å². The highest BCUT2D eigenvalue weighted by Gasteiger charge is 2.17. The minimum absolute atomic E-state index is 0.0886. The molecular formula is C12H15N3O2. The molecule has 1 heterocycles. The fraction of sp³-hybridized carbons (Fsp3) is 0.333. The van der Waals surface area contributed by atoms with Crippen LogP contribution in [0.1, 0.15) is 23.2 Å². The number of carbonyl (C=O) groups is 2. The maximum Gasteiger partial charge on any atom is 0.321 e. The first-order valence-corrected chi connectivity index (χ1v) is 5.62. The molecular weight excluding hydrogens is 218 g/mol. The molecule has 0 atom stereocenters. The third-order valence-corrected chi connectivity index (χ3v) is 2.81. The van der Waals surface area contributed by atoms with Crippen LogP contribution in [-0.2, 0) is 0 Å². The highest BCUT2D eigenvalue weighted by Crippen LogP contribution is 2.13. The Bertz CT molecular complexity index is 422. The molecule has 0 bridgehead atoms. The van der Waals surface area contributed by atoms with E-state index in [1.54, 1.807) is 29.2 Å². The van der Waals surface area contributed by atoms with E-state index in [0.29, 0.717) is 11.3 Å². The van der Waals surface area contributed by atoms with Gasteiger partial charge in [0.1, 0.15) is 0 Å². The number of nitrogens with zero attached hydrogens (tertiary/aromatic N) is 1. The molecule has 17 heavy (non-hydrogen) atoms. The van der Waals surface area contributed by atoms with E-state index in [0.717, 1.165) is 25.9 Å². The molecule has 0 saturated carbocycles. The van der Waals surface area contributed by atoms with E-state index < -0.39 is 5.91 Å². The van der Waals surface area contributed by atoms with Gasteiger partial charge in [0.15, 0.2) is 0 Å². The van der Waals surface area contributed by atoms with Crippen molar-refractivity contribution in [3.05, 3.63) is 29.8 Å². The zero-order chi connectivity index (χ0) is 12.3. The Kier molecular flexibility index (Phi) is 3.27. The fourth-order valence-electron chi connectivity index (χ4n) is 1.84. The molecule has 1 fully saturated rings. The summed E-state index contributed by atoms with van der Waals surface area (Å²) < 4.78 is 0. The van der Waals surface area contributed by atoms with Crippen LogP contribution in [0.4, 0.5) is 10.5 Å². The first kappa shape index (κ1) is 11.4. The number of benzene rings is 1. The lowest BCUT2D eigenvalue weighted by atomic mass is 10.2. The van der Waals surface area contributed by atoms with E-state index in [2.05, 4.69) is 5.32 Å². The van der Waals surface area contributed by atoms with Crippen molar-refractivity contribution in [2.24, 2.45) is 5.73 Å². The van der Waals surface area contributed by atoms with Crippen LogP contribution in [0.25, 0.3) is 0 Å². The molecule has 1 aliphatic rings. The zero-order valence-corrected chi connectivity index (χ0v) is 9.48. The van der Waals surface area contributed by atoms with Crippen LogP contribution in [0.5, 0.6) is 0 Å². The van der Waals surface area contributed by atoms with Crippen molar-refractivity contribution in [2.45, 2.75) is 12.8 Å². The number of nitrogens with one attached hydrogen (secondary N) is 1. The smallest absolute Gasteiger partial charge is 0.321 e. The first-order valence-electron chi connectivity index (χ1n) is 5.62. The van der Waals surface area contributed by atoms with Crippen molar-refractivity contribution in [2.75, 3.05) is 18.4 Å². The molecule has 1 saturated heterocycles. The minimum Gasteiger partial charge on any atom is -0.366 e. The van der Waals surface area contributed by atoms with Gasteiger partial charge in [0.05, 0.1) is 0 Å². The molecule has 90 valence electrons. The normalized spacial score (nSPS) is 14.7. The molecule has 1 aromatic rings. The average molecular weight is 233 g/mol. The number of carbonyl (C=O) groups excluding carboxylic acids is 2. The Labute approximate surface area is 99.6 Å². The zero-order valence-electron chi connectivity index (χ0n) is 9.48. The van der Waals surface area contributed by atoms with Crippen LogP contribution in [0, 0.1) is 0 Å². The summed E-state index contributed by atoms with van der Waals surface area (Å²) in [6.07, 6.45) is 2.13. The standard InChI is InChI=1S/C12H15N3O2/c13-11(16)9-3-5-10(6-4-9)14-12(17)15-7-1-2-8-15/h3-6H,1-2,7-8H2,(H2,13,16)(H,14,17). The van der Waals surface area contributed by atoms with Gasteiger partial charge in [0.25, 0.3) is 0 Å². The van der Waals surface area contributed by atoms with E-state index >= 15 is 0 Å². The van der Waals surface area contributed by atoms with E-state index in [9.17, 15) is 9.59 Å². The highest BCUT2D eigenvalue weighted by molar-refractivity contribution is 5.94. The van der Waals surface area contributed by atoms with E-state index in [1.165, 1.54) is 0 Å². The van der Waals surface area contributed by atoms with Crippen LogP contribution in [0.15, 0.2) is 24.3 Å². The molecule has 2 rings (SSSR count). The average Bonchev–Trinajstić information content (AvgIpc) is 2.83. The summed E-state index contributed by atoms with van der Waals surface area (Å²) in [7, 11) is 0. The number of anilines is 1. The van der Waals surface area contributed by atoms with Crippen LogP contribution >= 0.6 is 0 Å². The number of likely N-dealkylation sites (tertiary alicyclic amines) is 1. The molecule has 0 unspecified atom stereocenters. The first-order chi connectivity index (χ1) is 8.16. The number of rotatable bonds is 2. The van der Waals surface area contributed by atoms with Crippen molar-refractivity contribution in [3.8, 4) is 0 Å². The third kappa shape index (κ3) is 2.75. The second-order valence-corrected chi connectivity index (χ2v) is 4.07. The summed E-state index contributed by atoms with van der Waals surface area (Å²) in [4.78, 5) is 24.4. The number of hydrogen-bond acceptors (Lipinski definition) is 2. The predicted octanol–water partition coefficient (Wildman–Crippen LogP) is 1.41. The molecule has 0 aromatic heterocycles. The second kappa shape index (κ2) is 4.86. The Balaban J connectivity index is 1.98. The summed E-state index contributed by atoms with van der Waals surface area (Å²) in [5.41, 5.74) is 6.24. The number of nitrogens with two attached hydrogens (primary N) is 1. The lowest BCUT2D eigenvalue weighted by Gasteiger charge is -2.16. The number of primary amides is 1. The van der Waals surface area contributed by atoms with Crippen LogP contribution in [-0.4, -0.2) is 29.9 Å².